The third-order valence-corrected chi connectivity index (χ3v) is 5.84. The number of fused-ring (bicyclic) bond motifs is 1. The fourth-order valence-corrected chi connectivity index (χ4v) is 4.13. The van der Waals surface area contributed by atoms with E-state index < -0.39 is 0 Å². The Hall–Kier alpha value is -2.05. The molecule has 1 aromatic carbocycles. The average Bonchev–Trinajstić information content (AvgIpc) is 3.13. The number of benzene rings is 1. The minimum absolute atomic E-state index is 0.0309. The van der Waals surface area contributed by atoms with Crippen LogP contribution in [0.2, 0.25) is 0 Å². The molecule has 0 radical (unpaired) electrons. The molecular weight excluding hydrogens is 336 g/mol. The Labute approximate surface area is 151 Å². The van der Waals surface area contributed by atoms with Gasteiger partial charge in [-0.05, 0) is 68.9 Å². The summed E-state index contributed by atoms with van der Waals surface area (Å²) in [5, 5.41) is 3.17. The summed E-state index contributed by atoms with van der Waals surface area (Å²) in [6, 6.07) is 10.1. The number of amides is 1. The van der Waals surface area contributed by atoms with E-state index in [1.165, 1.54) is 11.3 Å². The van der Waals surface area contributed by atoms with Crippen molar-refractivity contribution in [2.75, 3.05) is 33.4 Å². The smallest absolute Gasteiger partial charge is 0.261 e. The first-order valence-electron chi connectivity index (χ1n) is 8.68. The fourth-order valence-electron chi connectivity index (χ4n) is 3.22. The largest absolute Gasteiger partial charge is 0.486 e. The second-order valence-electron chi connectivity index (χ2n) is 6.57. The van der Waals surface area contributed by atoms with Gasteiger partial charge in [-0.3, -0.25) is 4.79 Å². The molecule has 25 heavy (non-hydrogen) atoms. The molecule has 0 spiro atoms. The Balaban J connectivity index is 1.45. The summed E-state index contributed by atoms with van der Waals surface area (Å²) < 4.78 is 11.2. The van der Waals surface area contributed by atoms with Crippen LogP contribution in [0.25, 0.3) is 10.4 Å². The number of carbonyl (C=O) groups is 1. The van der Waals surface area contributed by atoms with Gasteiger partial charge in [0.2, 0.25) is 0 Å². The van der Waals surface area contributed by atoms with E-state index in [4.69, 9.17) is 9.47 Å². The van der Waals surface area contributed by atoms with Gasteiger partial charge in [0.25, 0.3) is 5.91 Å². The molecule has 0 bridgehead atoms. The van der Waals surface area contributed by atoms with E-state index in [0.717, 1.165) is 52.7 Å². The highest BCUT2D eigenvalue weighted by molar-refractivity contribution is 7.17. The molecule has 1 amide bonds. The van der Waals surface area contributed by atoms with Crippen LogP contribution < -0.4 is 14.8 Å². The molecule has 1 fully saturated rings. The fraction of sp³-hybridized carbons (Fsp3) is 0.421. The Morgan fingerprint density at radius 1 is 1.12 bits per heavy atom. The van der Waals surface area contributed by atoms with Crippen LogP contribution >= 0.6 is 11.3 Å². The van der Waals surface area contributed by atoms with Crippen molar-refractivity contribution in [1.29, 1.82) is 0 Å². The number of carbonyl (C=O) groups excluding carboxylic acids is 1. The highest BCUT2D eigenvalue weighted by Gasteiger charge is 2.20. The third kappa shape index (κ3) is 3.65. The lowest BCUT2D eigenvalue weighted by atomic mass is 10.1. The molecule has 0 unspecified atom stereocenters. The molecule has 3 heterocycles. The predicted octanol–water partition coefficient (Wildman–Crippen LogP) is 3.01. The van der Waals surface area contributed by atoms with Gasteiger partial charge >= 0.3 is 0 Å². The molecule has 0 saturated carbocycles. The van der Waals surface area contributed by atoms with Crippen LogP contribution in [-0.2, 0) is 0 Å². The number of nitrogens with one attached hydrogen (secondary N) is 1. The van der Waals surface area contributed by atoms with Gasteiger partial charge < -0.3 is 19.7 Å². The zero-order chi connectivity index (χ0) is 17.2. The number of rotatable bonds is 3. The van der Waals surface area contributed by atoms with E-state index in [2.05, 4.69) is 17.3 Å². The summed E-state index contributed by atoms with van der Waals surface area (Å²) in [7, 11) is 2.12. The molecule has 132 valence electrons. The Morgan fingerprint density at radius 3 is 2.68 bits per heavy atom. The lowest BCUT2D eigenvalue weighted by Crippen LogP contribution is -2.43. The summed E-state index contributed by atoms with van der Waals surface area (Å²) in [6.07, 6.45) is 2.03. The van der Waals surface area contributed by atoms with Gasteiger partial charge in [0.15, 0.2) is 11.5 Å². The first kappa shape index (κ1) is 16.4. The van der Waals surface area contributed by atoms with Crippen molar-refractivity contribution in [3.8, 4) is 21.9 Å². The van der Waals surface area contributed by atoms with Crippen molar-refractivity contribution in [2.24, 2.45) is 0 Å². The molecule has 0 aliphatic carbocycles. The first-order valence-corrected chi connectivity index (χ1v) is 9.50. The van der Waals surface area contributed by atoms with Crippen molar-refractivity contribution in [3.05, 3.63) is 35.2 Å². The van der Waals surface area contributed by atoms with Crippen LogP contribution in [0.15, 0.2) is 30.3 Å². The molecule has 4 rings (SSSR count). The highest BCUT2D eigenvalue weighted by Crippen LogP contribution is 2.36. The minimum Gasteiger partial charge on any atom is -0.486 e. The van der Waals surface area contributed by atoms with E-state index >= 15 is 0 Å². The molecule has 5 nitrogen and oxygen atoms in total. The monoisotopic (exact) mass is 358 g/mol. The highest BCUT2D eigenvalue weighted by atomic mass is 32.1. The van der Waals surface area contributed by atoms with Crippen LogP contribution in [0.4, 0.5) is 0 Å². The maximum atomic E-state index is 12.5. The zero-order valence-corrected chi connectivity index (χ0v) is 15.1. The molecule has 2 aromatic rings. The second kappa shape index (κ2) is 7.06. The summed E-state index contributed by atoms with van der Waals surface area (Å²) in [5.74, 6) is 1.59. The van der Waals surface area contributed by atoms with Crippen molar-refractivity contribution in [3.63, 3.8) is 0 Å². The van der Waals surface area contributed by atoms with Gasteiger partial charge in [0, 0.05) is 10.9 Å². The van der Waals surface area contributed by atoms with Crippen LogP contribution in [0.3, 0.4) is 0 Å². The quantitative estimate of drug-likeness (QED) is 0.916. The van der Waals surface area contributed by atoms with Crippen LogP contribution in [0.1, 0.15) is 22.5 Å². The number of piperidine rings is 1. The van der Waals surface area contributed by atoms with Crippen LogP contribution in [-0.4, -0.2) is 50.2 Å². The van der Waals surface area contributed by atoms with Crippen molar-refractivity contribution in [1.82, 2.24) is 10.2 Å². The van der Waals surface area contributed by atoms with Gasteiger partial charge in [0.05, 0.1) is 4.88 Å². The average molecular weight is 358 g/mol. The van der Waals surface area contributed by atoms with E-state index in [-0.39, 0.29) is 11.9 Å². The van der Waals surface area contributed by atoms with Crippen molar-refractivity contribution < 1.29 is 14.3 Å². The zero-order valence-electron chi connectivity index (χ0n) is 14.3. The first-order chi connectivity index (χ1) is 12.2. The van der Waals surface area contributed by atoms with Gasteiger partial charge in [0.1, 0.15) is 13.2 Å². The van der Waals surface area contributed by atoms with E-state index in [1.54, 1.807) is 0 Å². The Kier molecular flexibility index (Phi) is 4.63. The maximum Gasteiger partial charge on any atom is 0.261 e. The second-order valence-corrected chi connectivity index (χ2v) is 7.66. The number of ether oxygens (including phenoxy) is 2. The molecule has 1 saturated heterocycles. The van der Waals surface area contributed by atoms with Crippen LogP contribution in [0, 0.1) is 0 Å². The maximum absolute atomic E-state index is 12.5. The van der Waals surface area contributed by atoms with E-state index in [1.807, 2.05) is 30.3 Å². The number of likely N-dealkylation sites (tertiary alicyclic amines) is 1. The SMILES string of the molecule is CN1CCC(NC(=O)c2ccc(-c3ccc4c(c3)OCCO4)s2)CC1. The summed E-state index contributed by atoms with van der Waals surface area (Å²) in [5.41, 5.74) is 1.05. The van der Waals surface area contributed by atoms with Gasteiger partial charge in [-0.25, -0.2) is 0 Å². The van der Waals surface area contributed by atoms with Crippen molar-refractivity contribution in [2.45, 2.75) is 18.9 Å². The number of hydrogen-bond donors (Lipinski definition) is 1. The standard InChI is InChI=1S/C19H22N2O3S/c1-21-8-6-14(7-9-21)20-19(22)18-5-4-17(25-18)13-2-3-15-16(12-13)24-11-10-23-15/h2-5,12,14H,6-11H2,1H3,(H,20,22). The number of nitrogens with zero attached hydrogens (tertiary/aromatic N) is 1. The number of hydrogen-bond acceptors (Lipinski definition) is 5. The Bertz CT molecular complexity index is 766. The summed E-state index contributed by atoms with van der Waals surface area (Å²) in [4.78, 5) is 16.6. The van der Waals surface area contributed by atoms with Gasteiger partial charge in [-0.15, -0.1) is 11.3 Å². The molecule has 0 atom stereocenters. The van der Waals surface area contributed by atoms with Gasteiger partial charge in [-0.1, -0.05) is 0 Å². The molecule has 2 aliphatic heterocycles. The molecule has 6 heteroatoms. The third-order valence-electron chi connectivity index (χ3n) is 4.71. The molecule has 2 aliphatic rings. The lowest BCUT2D eigenvalue weighted by molar-refractivity contribution is 0.0921. The number of thiophene rings is 1. The lowest BCUT2D eigenvalue weighted by Gasteiger charge is -2.29. The minimum atomic E-state index is 0.0309. The van der Waals surface area contributed by atoms with E-state index in [9.17, 15) is 4.79 Å². The molecule has 1 aromatic heterocycles. The Morgan fingerprint density at radius 2 is 1.88 bits per heavy atom. The summed E-state index contributed by atoms with van der Waals surface area (Å²) >= 11 is 1.52. The van der Waals surface area contributed by atoms with Crippen molar-refractivity contribution >= 4 is 17.2 Å². The van der Waals surface area contributed by atoms with Gasteiger partial charge in [-0.2, -0.15) is 0 Å². The predicted molar refractivity (Wildman–Crippen MR) is 98.7 cm³/mol. The summed E-state index contributed by atoms with van der Waals surface area (Å²) in [6.45, 7) is 3.24. The topological polar surface area (TPSA) is 50.8 Å². The molecule has 1 N–H and O–H groups in total. The molecular formula is C19H22N2O3S. The normalized spacial score (nSPS) is 18.1. The van der Waals surface area contributed by atoms with Crippen LogP contribution in [0.5, 0.6) is 11.5 Å². The van der Waals surface area contributed by atoms with E-state index in [0.29, 0.717) is 13.2 Å².